The van der Waals surface area contributed by atoms with E-state index in [-0.39, 0.29) is 12.5 Å². The molecule has 0 saturated heterocycles. The van der Waals surface area contributed by atoms with E-state index in [2.05, 4.69) is 15.2 Å². The standard InChI is InChI=1S/C13H12F2N4O/c1-7(2)13-18-17-12(20-13)5-19-6-16-10-3-8(14)9(15)4-11(10)19/h3-4,6-7H,5H2,1-2H3. The molecule has 0 bridgehead atoms. The molecule has 0 amide bonds. The Kier molecular flexibility index (Phi) is 2.96. The Hall–Kier alpha value is -2.31. The van der Waals surface area contributed by atoms with Crippen LogP contribution in [-0.2, 0) is 6.54 Å². The van der Waals surface area contributed by atoms with Gasteiger partial charge in [0, 0.05) is 18.1 Å². The number of benzene rings is 1. The molecule has 104 valence electrons. The molecule has 2 aromatic heterocycles. The first-order valence-corrected chi connectivity index (χ1v) is 6.16. The van der Waals surface area contributed by atoms with Crippen LogP contribution in [0.4, 0.5) is 8.78 Å². The van der Waals surface area contributed by atoms with Crippen LogP contribution in [0.5, 0.6) is 0 Å². The van der Waals surface area contributed by atoms with Gasteiger partial charge in [-0.3, -0.25) is 0 Å². The Morgan fingerprint density at radius 1 is 1.20 bits per heavy atom. The maximum Gasteiger partial charge on any atom is 0.236 e. The second-order valence-corrected chi connectivity index (χ2v) is 4.82. The molecule has 0 N–H and O–H groups in total. The Morgan fingerprint density at radius 3 is 2.65 bits per heavy atom. The second-order valence-electron chi connectivity index (χ2n) is 4.82. The first-order chi connectivity index (χ1) is 9.54. The Bertz CT molecular complexity index is 763. The summed E-state index contributed by atoms with van der Waals surface area (Å²) in [5.74, 6) is -0.739. The van der Waals surface area contributed by atoms with Crippen molar-refractivity contribution in [2.75, 3.05) is 0 Å². The summed E-state index contributed by atoms with van der Waals surface area (Å²) in [5.41, 5.74) is 0.862. The van der Waals surface area contributed by atoms with E-state index in [0.717, 1.165) is 12.1 Å². The van der Waals surface area contributed by atoms with Gasteiger partial charge in [-0.15, -0.1) is 10.2 Å². The molecular weight excluding hydrogens is 266 g/mol. The lowest BCUT2D eigenvalue weighted by Crippen LogP contribution is -1.99. The maximum absolute atomic E-state index is 13.3. The summed E-state index contributed by atoms with van der Waals surface area (Å²) in [5, 5.41) is 7.85. The van der Waals surface area contributed by atoms with E-state index in [9.17, 15) is 8.78 Å². The van der Waals surface area contributed by atoms with E-state index in [1.807, 2.05) is 13.8 Å². The molecule has 0 spiro atoms. The molecule has 0 aliphatic heterocycles. The fraction of sp³-hybridized carbons (Fsp3) is 0.308. The quantitative estimate of drug-likeness (QED) is 0.739. The van der Waals surface area contributed by atoms with Crippen LogP contribution in [0.3, 0.4) is 0 Å². The molecule has 0 radical (unpaired) electrons. The predicted octanol–water partition coefficient (Wildman–Crippen LogP) is 2.87. The summed E-state index contributed by atoms with van der Waals surface area (Å²) in [6, 6.07) is 2.17. The largest absolute Gasteiger partial charge is 0.423 e. The first kappa shape index (κ1) is 12.7. The third kappa shape index (κ3) is 2.15. The van der Waals surface area contributed by atoms with Gasteiger partial charge in [0.2, 0.25) is 11.8 Å². The Morgan fingerprint density at radius 2 is 1.95 bits per heavy atom. The predicted molar refractivity (Wildman–Crippen MR) is 67.1 cm³/mol. The lowest BCUT2D eigenvalue weighted by atomic mass is 10.2. The van der Waals surface area contributed by atoms with Crippen molar-refractivity contribution in [2.45, 2.75) is 26.3 Å². The number of rotatable bonds is 3. The van der Waals surface area contributed by atoms with E-state index in [4.69, 9.17) is 4.42 Å². The monoisotopic (exact) mass is 278 g/mol. The van der Waals surface area contributed by atoms with Crippen molar-refractivity contribution in [3.8, 4) is 0 Å². The van der Waals surface area contributed by atoms with Crippen LogP contribution in [0.2, 0.25) is 0 Å². The molecule has 0 saturated carbocycles. The molecular formula is C13H12F2N4O. The van der Waals surface area contributed by atoms with Crippen LogP contribution < -0.4 is 0 Å². The van der Waals surface area contributed by atoms with E-state index >= 15 is 0 Å². The molecule has 0 aliphatic rings. The number of nitrogens with zero attached hydrogens (tertiary/aromatic N) is 4. The third-order valence-corrected chi connectivity index (χ3v) is 2.95. The number of imidazole rings is 1. The average molecular weight is 278 g/mol. The highest BCUT2D eigenvalue weighted by atomic mass is 19.2. The summed E-state index contributed by atoms with van der Waals surface area (Å²) >= 11 is 0. The smallest absolute Gasteiger partial charge is 0.236 e. The molecule has 0 atom stereocenters. The fourth-order valence-corrected chi connectivity index (χ4v) is 1.89. The highest BCUT2D eigenvalue weighted by Crippen LogP contribution is 2.19. The lowest BCUT2D eigenvalue weighted by Gasteiger charge is -2.01. The Balaban J connectivity index is 1.96. The molecule has 0 fully saturated rings. The second kappa shape index (κ2) is 4.66. The van der Waals surface area contributed by atoms with Gasteiger partial charge in [-0.1, -0.05) is 13.8 Å². The first-order valence-electron chi connectivity index (χ1n) is 6.16. The number of hydrogen-bond donors (Lipinski definition) is 0. The maximum atomic E-state index is 13.3. The normalized spacial score (nSPS) is 11.7. The number of halogens is 2. The minimum absolute atomic E-state index is 0.141. The van der Waals surface area contributed by atoms with E-state index < -0.39 is 11.6 Å². The molecule has 20 heavy (non-hydrogen) atoms. The van der Waals surface area contributed by atoms with Crippen LogP contribution in [0, 0.1) is 11.6 Å². The van der Waals surface area contributed by atoms with Gasteiger partial charge < -0.3 is 8.98 Å². The van der Waals surface area contributed by atoms with Gasteiger partial charge in [-0.25, -0.2) is 13.8 Å². The van der Waals surface area contributed by atoms with Crippen molar-refractivity contribution in [1.82, 2.24) is 19.7 Å². The fourth-order valence-electron chi connectivity index (χ4n) is 1.89. The van der Waals surface area contributed by atoms with Gasteiger partial charge in [-0.2, -0.15) is 0 Å². The molecule has 3 rings (SSSR count). The van der Waals surface area contributed by atoms with E-state index in [1.54, 1.807) is 4.57 Å². The summed E-state index contributed by atoms with van der Waals surface area (Å²) < 4.78 is 33.5. The van der Waals surface area contributed by atoms with Crippen molar-refractivity contribution >= 4 is 11.0 Å². The van der Waals surface area contributed by atoms with Crippen molar-refractivity contribution in [1.29, 1.82) is 0 Å². The van der Waals surface area contributed by atoms with Crippen molar-refractivity contribution < 1.29 is 13.2 Å². The van der Waals surface area contributed by atoms with Gasteiger partial charge in [0.1, 0.15) is 6.54 Å². The highest BCUT2D eigenvalue weighted by Gasteiger charge is 2.13. The summed E-state index contributed by atoms with van der Waals surface area (Å²) in [7, 11) is 0. The Labute approximate surface area is 113 Å². The van der Waals surface area contributed by atoms with Crippen LogP contribution in [0.25, 0.3) is 11.0 Å². The topological polar surface area (TPSA) is 56.7 Å². The summed E-state index contributed by atoms with van der Waals surface area (Å²) in [6.45, 7) is 4.16. The minimum atomic E-state index is -0.914. The van der Waals surface area contributed by atoms with E-state index in [0.29, 0.717) is 22.8 Å². The molecule has 7 heteroatoms. The molecule has 0 unspecified atom stereocenters. The van der Waals surface area contributed by atoms with Crippen LogP contribution in [-0.4, -0.2) is 19.7 Å². The molecule has 0 aliphatic carbocycles. The zero-order chi connectivity index (χ0) is 14.3. The zero-order valence-electron chi connectivity index (χ0n) is 11.0. The molecule has 3 aromatic rings. The number of fused-ring (bicyclic) bond motifs is 1. The average Bonchev–Trinajstić information content (AvgIpc) is 3.00. The van der Waals surface area contributed by atoms with Crippen molar-refractivity contribution in [3.05, 3.63) is 41.9 Å². The highest BCUT2D eigenvalue weighted by molar-refractivity contribution is 5.75. The summed E-state index contributed by atoms with van der Waals surface area (Å²) in [6.07, 6.45) is 1.49. The van der Waals surface area contributed by atoms with Crippen molar-refractivity contribution in [3.63, 3.8) is 0 Å². The van der Waals surface area contributed by atoms with Gasteiger partial charge in [0.05, 0.1) is 17.4 Å². The van der Waals surface area contributed by atoms with E-state index in [1.165, 1.54) is 6.33 Å². The van der Waals surface area contributed by atoms with Gasteiger partial charge in [0.15, 0.2) is 11.6 Å². The van der Waals surface area contributed by atoms with Crippen molar-refractivity contribution in [2.24, 2.45) is 0 Å². The van der Waals surface area contributed by atoms with Gasteiger partial charge in [-0.05, 0) is 0 Å². The number of hydrogen-bond acceptors (Lipinski definition) is 4. The zero-order valence-corrected chi connectivity index (χ0v) is 11.0. The SMILES string of the molecule is CC(C)c1nnc(Cn2cnc3cc(F)c(F)cc32)o1. The summed E-state index contributed by atoms with van der Waals surface area (Å²) in [4.78, 5) is 4.03. The van der Waals surface area contributed by atoms with Gasteiger partial charge >= 0.3 is 0 Å². The molecule has 5 nitrogen and oxygen atoms in total. The van der Waals surface area contributed by atoms with Crippen LogP contribution in [0.1, 0.15) is 31.5 Å². The minimum Gasteiger partial charge on any atom is -0.423 e. The molecule has 2 heterocycles. The van der Waals surface area contributed by atoms with Crippen LogP contribution in [0.15, 0.2) is 22.9 Å². The third-order valence-electron chi connectivity index (χ3n) is 2.95. The lowest BCUT2D eigenvalue weighted by molar-refractivity contribution is 0.424. The molecule has 1 aromatic carbocycles. The van der Waals surface area contributed by atoms with Crippen LogP contribution >= 0.6 is 0 Å². The van der Waals surface area contributed by atoms with Gasteiger partial charge in [0.25, 0.3) is 0 Å². The number of aromatic nitrogens is 4.